The van der Waals surface area contributed by atoms with Crippen LogP contribution in [0, 0.1) is 11.6 Å². The third-order valence-electron chi connectivity index (χ3n) is 4.96. The van der Waals surface area contributed by atoms with Gasteiger partial charge in [-0.15, -0.1) is 12.4 Å². The third kappa shape index (κ3) is 3.95. The summed E-state index contributed by atoms with van der Waals surface area (Å²) >= 11 is 0. The largest absolute Gasteiger partial charge is 0.319 e. The normalized spacial score (nSPS) is 10.7. The number of nitrogens with zero attached hydrogens (tertiary/aromatic N) is 3. The monoisotopic (exact) mass is 451 g/mol. The number of aromatic amines is 1. The summed E-state index contributed by atoms with van der Waals surface area (Å²) in [4.78, 5) is 16.7. The Morgan fingerprint density at radius 1 is 0.938 bits per heavy atom. The molecule has 0 atom stereocenters. The van der Waals surface area contributed by atoms with Crippen LogP contribution in [0.3, 0.4) is 0 Å². The number of hydrogen-bond donors (Lipinski definition) is 2. The van der Waals surface area contributed by atoms with Crippen LogP contribution in [0.4, 0.5) is 14.5 Å². The van der Waals surface area contributed by atoms with Gasteiger partial charge in [-0.25, -0.2) is 13.8 Å². The SMILES string of the molecule is Cl.O=C(Nc1ccc(-c2cnc3ccc(-c4cn[nH]c4)cn23)cc1F)c1ccc(F)cc1. The number of anilines is 1. The molecule has 0 aliphatic carbocycles. The first-order valence-electron chi connectivity index (χ1n) is 9.41. The van der Waals surface area contributed by atoms with Gasteiger partial charge in [0, 0.05) is 34.6 Å². The molecule has 0 radical (unpaired) electrons. The van der Waals surface area contributed by atoms with Crippen LogP contribution in [0.5, 0.6) is 0 Å². The first-order valence-corrected chi connectivity index (χ1v) is 9.41. The van der Waals surface area contributed by atoms with Gasteiger partial charge in [-0.2, -0.15) is 5.10 Å². The molecule has 5 aromatic rings. The van der Waals surface area contributed by atoms with Crippen molar-refractivity contribution in [3.8, 4) is 22.4 Å². The molecule has 0 saturated heterocycles. The smallest absolute Gasteiger partial charge is 0.255 e. The van der Waals surface area contributed by atoms with E-state index in [1.807, 2.05) is 22.7 Å². The number of aromatic nitrogens is 4. The summed E-state index contributed by atoms with van der Waals surface area (Å²) in [6.07, 6.45) is 7.08. The van der Waals surface area contributed by atoms with Crippen molar-refractivity contribution in [2.24, 2.45) is 0 Å². The second kappa shape index (κ2) is 8.60. The quantitative estimate of drug-likeness (QED) is 0.387. The number of nitrogens with one attached hydrogen (secondary N) is 2. The Labute approximate surface area is 187 Å². The zero-order valence-electron chi connectivity index (χ0n) is 16.4. The Morgan fingerprint density at radius 3 is 2.44 bits per heavy atom. The summed E-state index contributed by atoms with van der Waals surface area (Å²) in [5, 5.41) is 9.26. The van der Waals surface area contributed by atoms with Crippen LogP contribution in [0.2, 0.25) is 0 Å². The van der Waals surface area contributed by atoms with Crippen molar-refractivity contribution in [3.05, 3.63) is 96.6 Å². The fraction of sp³-hybridized carbons (Fsp3) is 0. The maximum Gasteiger partial charge on any atom is 0.255 e. The average molecular weight is 452 g/mol. The van der Waals surface area contributed by atoms with E-state index in [0.29, 0.717) is 11.3 Å². The molecule has 0 saturated carbocycles. The highest BCUT2D eigenvalue weighted by Gasteiger charge is 2.13. The Kier molecular flexibility index (Phi) is 5.70. The van der Waals surface area contributed by atoms with E-state index in [0.717, 1.165) is 16.8 Å². The van der Waals surface area contributed by atoms with Gasteiger partial charge >= 0.3 is 0 Å². The highest BCUT2D eigenvalue weighted by Crippen LogP contribution is 2.27. The standard InChI is InChI=1S/C23H15F2N5O.ClH/c24-18-5-1-14(2-6-18)23(31)29-20-7-3-15(9-19(20)25)21-12-26-22-8-4-16(13-30(21)22)17-10-27-28-11-17;/h1-13H,(H,27,28)(H,29,31);1H. The Balaban J connectivity index is 0.00000245. The van der Waals surface area contributed by atoms with Crippen LogP contribution in [-0.4, -0.2) is 25.5 Å². The number of rotatable bonds is 4. The summed E-state index contributed by atoms with van der Waals surface area (Å²) in [5.41, 5.74) is 4.15. The van der Waals surface area contributed by atoms with Crippen LogP contribution in [0.25, 0.3) is 28.0 Å². The van der Waals surface area contributed by atoms with Crippen LogP contribution in [0.1, 0.15) is 10.4 Å². The summed E-state index contributed by atoms with van der Waals surface area (Å²) in [6.45, 7) is 0. The predicted octanol–water partition coefficient (Wildman–Crippen LogP) is 5.34. The lowest BCUT2D eigenvalue weighted by Crippen LogP contribution is -2.13. The molecule has 1 amide bonds. The van der Waals surface area contributed by atoms with Gasteiger partial charge in [-0.1, -0.05) is 6.07 Å². The number of H-pyrrole nitrogens is 1. The maximum atomic E-state index is 14.8. The molecule has 160 valence electrons. The minimum atomic E-state index is -0.589. The highest BCUT2D eigenvalue weighted by molar-refractivity contribution is 6.04. The van der Waals surface area contributed by atoms with Gasteiger partial charge in [0.1, 0.15) is 17.3 Å². The molecular formula is C23H16ClF2N5O. The molecule has 6 nitrogen and oxygen atoms in total. The molecule has 0 unspecified atom stereocenters. The number of amides is 1. The van der Waals surface area contributed by atoms with E-state index in [1.54, 1.807) is 24.7 Å². The fourth-order valence-electron chi connectivity index (χ4n) is 3.35. The first kappa shape index (κ1) is 21.2. The van der Waals surface area contributed by atoms with Crippen LogP contribution in [0.15, 0.2) is 79.4 Å². The molecular weight excluding hydrogens is 436 g/mol. The first-order chi connectivity index (χ1) is 15.1. The van der Waals surface area contributed by atoms with Gasteiger partial charge in [0.05, 0.1) is 23.8 Å². The van der Waals surface area contributed by atoms with Gasteiger partial charge in [-0.05, 0) is 48.5 Å². The van der Waals surface area contributed by atoms with E-state index in [2.05, 4.69) is 20.5 Å². The summed E-state index contributed by atoms with van der Waals surface area (Å²) in [6, 6.07) is 13.4. The van der Waals surface area contributed by atoms with Crippen molar-refractivity contribution in [2.45, 2.75) is 0 Å². The van der Waals surface area contributed by atoms with E-state index < -0.39 is 17.5 Å². The number of carbonyl (C=O) groups is 1. The van der Waals surface area contributed by atoms with Gasteiger partial charge in [0.2, 0.25) is 0 Å². The molecule has 2 aromatic carbocycles. The van der Waals surface area contributed by atoms with Crippen molar-refractivity contribution in [1.82, 2.24) is 19.6 Å². The Morgan fingerprint density at radius 2 is 1.72 bits per heavy atom. The second-order valence-electron chi connectivity index (χ2n) is 6.93. The molecule has 0 aliphatic rings. The lowest BCUT2D eigenvalue weighted by molar-refractivity contribution is 0.102. The molecule has 3 heterocycles. The van der Waals surface area contributed by atoms with E-state index in [-0.39, 0.29) is 23.7 Å². The molecule has 3 aromatic heterocycles. The van der Waals surface area contributed by atoms with Crippen molar-refractivity contribution in [2.75, 3.05) is 5.32 Å². The highest BCUT2D eigenvalue weighted by atomic mass is 35.5. The van der Waals surface area contributed by atoms with Gasteiger partial charge in [0.15, 0.2) is 0 Å². The number of carbonyl (C=O) groups excluding carboxylic acids is 1. The number of imidazole rings is 1. The minimum absolute atomic E-state index is 0. The summed E-state index contributed by atoms with van der Waals surface area (Å²) < 4.78 is 29.7. The molecule has 5 rings (SSSR count). The van der Waals surface area contributed by atoms with E-state index in [1.165, 1.54) is 36.4 Å². The van der Waals surface area contributed by atoms with Crippen LogP contribution in [-0.2, 0) is 0 Å². The summed E-state index contributed by atoms with van der Waals surface area (Å²) in [7, 11) is 0. The number of benzene rings is 2. The fourth-order valence-corrected chi connectivity index (χ4v) is 3.35. The van der Waals surface area contributed by atoms with Crippen LogP contribution >= 0.6 is 12.4 Å². The maximum absolute atomic E-state index is 14.8. The third-order valence-corrected chi connectivity index (χ3v) is 4.96. The molecule has 0 spiro atoms. The van der Waals surface area contributed by atoms with E-state index in [9.17, 15) is 13.6 Å². The van der Waals surface area contributed by atoms with E-state index >= 15 is 0 Å². The molecule has 2 N–H and O–H groups in total. The lowest BCUT2D eigenvalue weighted by Gasteiger charge is -2.09. The molecule has 9 heteroatoms. The van der Waals surface area contributed by atoms with Crippen molar-refractivity contribution < 1.29 is 13.6 Å². The Bertz CT molecular complexity index is 1400. The van der Waals surface area contributed by atoms with Crippen molar-refractivity contribution in [1.29, 1.82) is 0 Å². The van der Waals surface area contributed by atoms with Crippen molar-refractivity contribution in [3.63, 3.8) is 0 Å². The molecule has 0 bridgehead atoms. The zero-order valence-corrected chi connectivity index (χ0v) is 17.2. The predicted molar refractivity (Wildman–Crippen MR) is 120 cm³/mol. The zero-order chi connectivity index (χ0) is 21.4. The minimum Gasteiger partial charge on any atom is -0.319 e. The summed E-state index contributed by atoms with van der Waals surface area (Å²) in [5.74, 6) is -1.56. The Hall–Kier alpha value is -4.04. The van der Waals surface area contributed by atoms with Crippen LogP contribution < -0.4 is 5.32 Å². The molecule has 32 heavy (non-hydrogen) atoms. The van der Waals surface area contributed by atoms with Gasteiger partial charge in [-0.3, -0.25) is 14.3 Å². The topological polar surface area (TPSA) is 75.1 Å². The van der Waals surface area contributed by atoms with Crippen molar-refractivity contribution >= 4 is 29.6 Å². The number of halogens is 3. The van der Waals surface area contributed by atoms with Gasteiger partial charge < -0.3 is 5.32 Å². The molecule has 0 aliphatic heterocycles. The number of pyridine rings is 1. The second-order valence-corrected chi connectivity index (χ2v) is 6.93. The average Bonchev–Trinajstić information content (AvgIpc) is 3.45. The van der Waals surface area contributed by atoms with Gasteiger partial charge in [0.25, 0.3) is 5.91 Å². The van der Waals surface area contributed by atoms with E-state index in [4.69, 9.17) is 0 Å². The number of fused-ring (bicyclic) bond motifs is 1. The molecule has 0 fully saturated rings. The number of hydrogen-bond acceptors (Lipinski definition) is 3. The lowest BCUT2D eigenvalue weighted by atomic mass is 10.1.